The minimum absolute atomic E-state index is 0.156. The molecule has 2 rings (SSSR count). The number of hydrogen-bond donors (Lipinski definition) is 2. The largest absolute Gasteiger partial charge is 0.338 e. The number of urea groups is 1. The second-order valence-electron chi connectivity index (χ2n) is 6.83. The van der Waals surface area contributed by atoms with Gasteiger partial charge in [-0.25, -0.2) is 4.79 Å². The van der Waals surface area contributed by atoms with Crippen LogP contribution in [0.4, 0.5) is 4.79 Å². The van der Waals surface area contributed by atoms with Crippen LogP contribution in [0.5, 0.6) is 0 Å². The molecule has 0 atom stereocenters. The summed E-state index contributed by atoms with van der Waals surface area (Å²) in [5.74, 6) is 0. The highest BCUT2D eigenvalue weighted by Gasteiger charge is 2.22. The maximum absolute atomic E-state index is 12.2. The van der Waals surface area contributed by atoms with Gasteiger partial charge in [0.15, 0.2) is 0 Å². The number of carbonyl (C=O) groups is 1. The highest BCUT2D eigenvalue weighted by Crippen LogP contribution is 2.23. The highest BCUT2D eigenvalue weighted by molar-refractivity contribution is 5.75. The molecule has 1 heterocycles. The molecule has 0 bridgehead atoms. The van der Waals surface area contributed by atoms with Gasteiger partial charge in [-0.05, 0) is 62.4 Å². The van der Waals surface area contributed by atoms with Crippen LogP contribution in [0, 0.1) is 0 Å². The van der Waals surface area contributed by atoms with E-state index in [4.69, 9.17) is 0 Å². The first-order valence-corrected chi connectivity index (χ1v) is 8.60. The van der Waals surface area contributed by atoms with E-state index >= 15 is 0 Å². The molecule has 0 fully saturated rings. The number of hydrogen-bond acceptors (Lipinski definition) is 2. The Morgan fingerprint density at radius 1 is 1.24 bits per heavy atom. The lowest BCUT2D eigenvalue weighted by molar-refractivity contribution is 0.230. The summed E-state index contributed by atoms with van der Waals surface area (Å²) >= 11 is 0. The Kier molecular flexibility index (Phi) is 6.34. The average molecular weight is 337 g/mol. The first-order valence-electron chi connectivity index (χ1n) is 8.60. The zero-order valence-electron chi connectivity index (χ0n) is 15.3. The number of carbonyl (C=O) groups excluding carboxylic acids is 1. The zero-order chi connectivity index (χ0) is 18.3. The van der Waals surface area contributed by atoms with Crippen molar-refractivity contribution in [3.63, 3.8) is 0 Å². The van der Waals surface area contributed by atoms with Gasteiger partial charge in [0.1, 0.15) is 0 Å². The van der Waals surface area contributed by atoms with E-state index in [0.29, 0.717) is 6.54 Å². The quantitative estimate of drug-likeness (QED) is 0.741. The molecule has 0 saturated carbocycles. The van der Waals surface area contributed by atoms with Crippen molar-refractivity contribution < 1.29 is 4.79 Å². The van der Waals surface area contributed by atoms with Gasteiger partial charge in [0.2, 0.25) is 0 Å². The smallest absolute Gasteiger partial charge is 0.315 e. The number of nitrogens with zero attached hydrogens (tertiary/aromatic N) is 1. The summed E-state index contributed by atoms with van der Waals surface area (Å²) in [5.41, 5.74) is 3.88. The molecule has 1 aromatic heterocycles. The molecular weight excluding hydrogens is 310 g/mol. The Balaban J connectivity index is 1.84. The van der Waals surface area contributed by atoms with Crippen molar-refractivity contribution in [3.8, 4) is 0 Å². The van der Waals surface area contributed by atoms with Crippen molar-refractivity contribution in [2.75, 3.05) is 6.54 Å². The van der Waals surface area contributed by atoms with Crippen LogP contribution in [0.1, 0.15) is 43.9 Å². The van der Waals surface area contributed by atoms with Gasteiger partial charge in [0.05, 0.1) is 5.54 Å². The number of benzene rings is 1. The van der Waals surface area contributed by atoms with Crippen molar-refractivity contribution >= 4 is 11.6 Å². The summed E-state index contributed by atoms with van der Waals surface area (Å²) in [4.78, 5) is 16.3. The van der Waals surface area contributed by atoms with E-state index in [1.165, 1.54) is 5.56 Å². The van der Waals surface area contributed by atoms with Gasteiger partial charge in [-0.1, -0.05) is 36.4 Å². The summed E-state index contributed by atoms with van der Waals surface area (Å²) in [6.07, 6.45) is 5.40. The third-order valence-electron chi connectivity index (χ3n) is 4.15. The summed E-state index contributed by atoms with van der Waals surface area (Å²) < 4.78 is 0. The van der Waals surface area contributed by atoms with E-state index in [0.717, 1.165) is 29.5 Å². The Labute approximate surface area is 150 Å². The van der Waals surface area contributed by atoms with Crippen molar-refractivity contribution in [2.45, 2.75) is 39.2 Å². The second kappa shape index (κ2) is 8.47. The molecular formula is C21H27N3O. The van der Waals surface area contributed by atoms with Gasteiger partial charge < -0.3 is 10.6 Å². The van der Waals surface area contributed by atoms with Gasteiger partial charge in [0.25, 0.3) is 0 Å². The molecule has 2 aromatic rings. The van der Waals surface area contributed by atoms with Crippen LogP contribution in [0.15, 0.2) is 55.4 Å². The molecule has 4 nitrogen and oxygen atoms in total. The molecule has 4 heteroatoms. The fourth-order valence-electron chi connectivity index (χ4n) is 2.61. The maximum atomic E-state index is 12.2. The number of aryl methyl sites for hydroxylation is 1. The average Bonchev–Trinajstić information content (AvgIpc) is 2.59. The van der Waals surface area contributed by atoms with E-state index in [1.54, 1.807) is 6.20 Å². The van der Waals surface area contributed by atoms with Gasteiger partial charge in [-0.2, -0.15) is 0 Å². The van der Waals surface area contributed by atoms with E-state index in [-0.39, 0.29) is 6.03 Å². The topological polar surface area (TPSA) is 54.0 Å². The Morgan fingerprint density at radius 3 is 2.72 bits per heavy atom. The monoisotopic (exact) mass is 337 g/mol. The fraction of sp³-hybridized carbons (Fsp3) is 0.333. The van der Waals surface area contributed by atoms with Crippen LogP contribution in [0.3, 0.4) is 0 Å². The third kappa shape index (κ3) is 5.75. The lowest BCUT2D eigenvalue weighted by atomic mass is 9.92. The molecule has 0 aliphatic heterocycles. The number of nitrogens with one attached hydrogen (secondary N) is 2. The summed E-state index contributed by atoms with van der Waals surface area (Å²) in [6, 6.07) is 11.9. The number of rotatable bonds is 7. The van der Waals surface area contributed by atoms with E-state index in [2.05, 4.69) is 28.3 Å². The molecule has 25 heavy (non-hydrogen) atoms. The van der Waals surface area contributed by atoms with Crippen LogP contribution in [0.2, 0.25) is 0 Å². The number of allylic oxidation sites excluding steroid dienone is 1. The van der Waals surface area contributed by atoms with Crippen molar-refractivity contribution in [1.29, 1.82) is 0 Å². The first-order chi connectivity index (χ1) is 11.9. The number of pyridine rings is 1. The standard InChI is InChI=1S/C21H27N3O/c1-16(2)18-10-5-11-19(14-18)21(3,4)24-20(25)23-13-7-9-17-8-6-12-22-15-17/h5-6,8,10-12,14-15H,1,7,9,13H2,2-4H3,(H2,23,24,25). The molecule has 2 N–H and O–H groups in total. The Bertz CT molecular complexity index is 723. The van der Waals surface area contributed by atoms with Crippen LogP contribution >= 0.6 is 0 Å². The Morgan fingerprint density at radius 2 is 2.04 bits per heavy atom. The van der Waals surface area contributed by atoms with Crippen molar-refractivity contribution in [1.82, 2.24) is 15.6 Å². The minimum atomic E-state index is -0.459. The maximum Gasteiger partial charge on any atom is 0.315 e. The van der Waals surface area contributed by atoms with E-state index in [1.807, 2.05) is 57.3 Å². The molecule has 2 amide bonds. The molecule has 0 radical (unpaired) electrons. The van der Waals surface area contributed by atoms with E-state index < -0.39 is 5.54 Å². The van der Waals surface area contributed by atoms with Gasteiger partial charge in [-0.15, -0.1) is 0 Å². The minimum Gasteiger partial charge on any atom is -0.338 e. The van der Waals surface area contributed by atoms with Crippen LogP contribution < -0.4 is 10.6 Å². The number of aromatic nitrogens is 1. The lowest BCUT2D eigenvalue weighted by Gasteiger charge is -2.27. The first kappa shape index (κ1) is 18.7. The molecule has 0 aliphatic carbocycles. The highest BCUT2D eigenvalue weighted by atomic mass is 16.2. The van der Waals surface area contributed by atoms with Crippen LogP contribution in [-0.2, 0) is 12.0 Å². The molecule has 0 spiro atoms. The van der Waals surface area contributed by atoms with Gasteiger partial charge in [-0.3, -0.25) is 4.98 Å². The van der Waals surface area contributed by atoms with Crippen LogP contribution in [0.25, 0.3) is 5.57 Å². The Hall–Kier alpha value is -2.62. The summed E-state index contributed by atoms with van der Waals surface area (Å²) in [7, 11) is 0. The molecule has 1 aromatic carbocycles. The zero-order valence-corrected chi connectivity index (χ0v) is 15.3. The van der Waals surface area contributed by atoms with E-state index in [9.17, 15) is 4.79 Å². The summed E-state index contributed by atoms with van der Waals surface area (Å²) in [6.45, 7) is 10.6. The predicted octanol–water partition coefficient (Wildman–Crippen LogP) is 4.28. The predicted molar refractivity (Wildman–Crippen MR) is 103 cm³/mol. The van der Waals surface area contributed by atoms with Gasteiger partial charge >= 0.3 is 6.03 Å². The molecule has 0 saturated heterocycles. The molecule has 0 unspecified atom stereocenters. The van der Waals surface area contributed by atoms with Crippen molar-refractivity contribution in [3.05, 3.63) is 72.1 Å². The second-order valence-corrected chi connectivity index (χ2v) is 6.83. The molecule has 132 valence electrons. The van der Waals surface area contributed by atoms with Crippen LogP contribution in [-0.4, -0.2) is 17.6 Å². The number of amides is 2. The lowest BCUT2D eigenvalue weighted by Crippen LogP contribution is -2.46. The third-order valence-corrected chi connectivity index (χ3v) is 4.15. The fourth-order valence-corrected chi connectivity index (χ4v) is 2.61. The molecule has 0 aliphatic rings. The van der Waals surface area contributed by atoms with Crippen molar-refractivity contribution in [2.24, 2.45) is 0 Å². The van der Waals surface area contributed by atoms with Gasteiger partial charge in [0, 0.05) is 18.9 Å². The SMILES string of the molecule is C=C(C)c1cccc(C(C)(C)NC(=O)NCCCc2cccnc2)c1. The normalized spacial score (nSPS) is 11.0. The summed E-state index contributed by atoms with van der Waals surface area (Å²) in [5, 5.41) is 5.97.